The Morgan fingerprint density at radius 3 is 2.79 bits per heavy atom. The smallest absolute Gasteiger partial charge is 0.151 e. The highest BCUT2D eigenvalue weighted by Gasteiger charge is 2.13. The SMILES string of the molecule is C#CCOc1cc(CC(=O)CN(C)C)c(F)cc1Cl. The maximum absolute atomic E-state index is 13.7. The third-order valence-corrected chi connectivity index (χ3v) is 2.59. The monoisotopic (exact) mass is 283 g/mol. The van der Waals surface area contributed by atoms with E-state index in [4.69, 9.17) is 22.8 Å². The predicted octanol–water partition coefficient (Wildman–Crippen LogP) is 2.16. The van der Waals surface area contributed by atoms with E-state index in [0.717, 1.165) is 6.07 Å². The minimum atomic E-state index is -0.523. The molecule has 0 aliphatic heterocycles. The highest BCUT2D eigenvalue weighted by Crippen LogP contribution is 2.28. The van der Waals surface area contributed by atoms with Gasteiger partial charge in [-0.3, -0.25) is 4.79 Å². The lowest BCUT2D eigenvalue weighted by atomic mass is 10.1. The number of terminal acetylenes is 1. The van der Waals surface area contributed by atoms with Crippen LogP contribution in [-0.2, 0) is 11.2 Å². The number of halogens is 2. The number of benzene rings is 1. The Balaban J connectivity index is 2.88. The summed E-state index contributed by atoms with van der Waals surface area (Å²) in [5, 5.41) is 0.136. The molecular weight excluding hydrogens is 269 g/mol. The molecule has 0 unspecified atom stereocenters. The molecule has 5 heteroatoms. The second-order valence-corrected chi connectivity index (χ2v) is 4.73. The number of likely N-dealkylation sites (N-methyl/N-ethyl adjacent to an activating group) is 1. The van der Waals surface area contributed by atoms with E-state index in [2.05, 4.69) is 5.92 Å². The van der Waals surface area contributed by atoms with Crippen molar-refractivity contribution < 1.29 is 13.9 Å². The van der Waals surface area contributed by atoms with Crippen molar-refractivity contribution in [1.82, 2.24) is 4.90 Å². The Hall–Kier alpha value is -1.57. The van der Waals surface area contributed by atoms with Crippen molar-refractivity contribution in [1.29, 1.82) is 0 Å². The number of nitrogens with zero attached hydrogens (tertiary/aromatic N) is 1. The Labute approximate surface area is 117 Å². The summed E-state index contributed by atoms with van der Waals surface area (Å²) in [5.41, 5.74) is 0.253. The van der Waals surface area contributed by atoms with Gasteiger partial charge < -0.3 is 9.64 Å². The van der Waals surface area contributed by atoms with Gasteiger partial charge >= 0.3 is 0 Å². The van der Waals surface area contributed by atoms with E-state index in [0.29, 0.717) is 0 Å². The highest BCUT2D eigenvalue weighted by atomic mass is 35.5. The van der Waals surface area contributed by atoms with Gasteiger partial charge in [-0.15, -0.1) is 6.42 Å². The molecule has 0 saturated carbocycles. The molecular formula is C14H15ClFNO2. The van der Waals surface area contributed by atoms with Gasteiger partial charge in [-0.25, -0.2) is 4.39 Å². The van der Waals surface area contributed by atoms with Crippen molar-refractivity contribution in [2.75, 3.05) is 27.2 Å². The Kier molecular flexibility index (Phi) is 5.81. The predicted molar refractivity (Wildman–Crippen MR) is 73.0 cm³/mol. The zero-order valence-electron chi connectivity index (χ0n) is 10.9. The van der Waals surface area contributed by atoms with Gasteiger partial charge in [-0.2, -0.15) is 0 Å². The number of ether oxygens (including phenoxy) is 1. The first-order valence-corrected chi connectivity index (χ1v) is 6.02. The second-order valence-electron chi connectivity index (χ2n) is 4.32. The maximum atomic E-state index is 13.7. The number of carbonyl (C=O) groups excluding carboxylic acids is 1. The lowest BCUT2D eigenvalue weighted by molar-refractivity contribution is -0.119. The highest BCUT2D eigenvalue weighted by molar-refractivity contribution is 6.32. The fraction of sp³-hybridized carbons (Fsp3) is 0.357. The standard InChI is InChI=1S/C14H15ClFNO2/c1-4-5-19-14-7-10(13(16)8-12(14)15)6-11(18)9-17(2)3/h1,7-8H,5-6,9H2,2-3H3. The molecule has 0 aliphatic rings. The minimum Gasteiger partial charge on any atom is -0.479 e. The maximum Gasteiger partial charge on any atom is 0.151 e. The molecule has 0 atom stereocenters. The molecule has 3 nitrogen and oxygen atoms in total. The lowest BCUT2D eigenvalue weighted by Crippen LogP contribution is -2.23. The average Bonchev–Trinajstić information content (AvgIpc) is 2.30. The van der Waals surface area contributed by atoms with E-state index >= 15 is 0 Å². The average molecular weight is 284 g/mol. The topological polar surface area (TPSA) is 29.5 Å². The van der Waals surface area contributed by atoms with Crippen LogP contribution in [0.15, 0.2) is 12.1 Å². The summed E-state index contributed by atoms with van der Waals surface area (Å²) < 4.78 is 18.9. The van der Waals surface area contributed by atoms with Crippen LogP contribution < -0.4 is 4.74 Å². The van der Waals surface area contributed by atoms with E-state index < -0.39 is 5.82 Å². The number of rotatable bonds is 6. The summed E-state index contributed by atoms with van der Waals surface area (Å²) >= 11 is 5.83. The van der Waals surface area contributed by atoms with Crippen LogP contribution in [0.1, 0.15) is 5.56 Å². The number of hydrogen-bond acceptors (Lipinski definition) is 3. The molecule has 1 rings (SSSR count). The fourth-order valence-corrected chi connectivity index (χ4v) is 1.76. The summed E-state index contributed by atoms with van der Waals surface area (Å²) in [6.07, 6.45) is 5.07. The molecule has 0 aliphatic carbocycles. The Morgan fingerprint density at radius 1 is 1.53 bits per heavy atom. The van der Waals surface area contributed by atoms with Crippen molar-refractivity contribution in [3.8, 4) is 18.1 Å². The molecule has 0 fully saturated rings. The molecule has 1 aromatic carbocycles. The minimum absolute atomic E-state index is 0.00635. The molecule has 1 aromatic rings. The molecule has 0 radical (unpaired) electrons. The van der Waals surface area contributed by atoms with E-state index in [1.165, 1.54) is 6.07 Å². The fourth-order valence-electron chi connectivity index (χ4n) is 1.56. The number of carbonyl (C=O) groups is 1. The van der Waals surface area contributed by atoms with Crippen LogP contribution in [0, 0.1) is 18.2 Å². The van der Waals surface area contributed by atoms with Crippen LogP contribution in [0.4, 0.5) is 4.39 Å². The number of ketones is 1. The van der Waals surface area contributed by atoms with Crippen LogP contribution in [0.2, 0.25) is 5.02 Å². The quantitative estimate of drug-likeness (QED) is 0.750. The van der Waals surface area contributed by atoms with Crippen molar-refractivity contribution in [3.05, 3.63) is 28.5 Å². The van der Waals surface area contributed by atoms with Gasteiger partial charge in [0, 0.05) is 6.42 Å². The summed E-state index contributed by atoms with van der Waals surface area (Å²) in [7, 11) is 3.55. The Morgan fingerprint density at radius 2 is 2.21 bits per heavy atom. The normalized spacial score (nSPS) is 10.3. The molecule has 0 bridgehead atoms. The summed E-state index contributed by atoms with van der Waals surface area (Å²) in [5.74, 6) is 1.97. The summed E-state index contributed by atoms with van der Waals surface area (Å²) in [6, 6.07) is 2.55. The first-order chi connectivity index (χ1) is 8.93. The lowest BCUT2D eigenvalue weighted by Gasteiger charge is -2.11. The molecule has 0 amide bonds. The van der Waals surface area contributed by atoms with E-state index in [9.17, 15) is 9.18 Å². The summed E-state index contributed by atoms with van der Waals surface area (Å²) in [4.78, 5) is 13.4. The van der Waals surface area contributed by atoms with E-state index in [1.54, 1.807) is 19.0 Å². The Bertz CT molecular complexity index is 509. The molecule has 0 N–H and O–H groups in total. The number of hydrogen-bond donors (Lipinski definition) is 0. The van der Waals surface area contributed by atoms with Crippen LogP contribution in [0.25, 0.3) is 0 Å². The zero-order valence-corrected chi connectivity index (χ0v) is 11.6. The van der Waals surface area contributed by atoms with Crippen molar-refractivity contribution in [3.63, 3.8) is 0 Å². The van der Waals surface area contributed by atoms with Crippen LogP contribution in [0.5, 0.6) is 5.75 Å². The van der Waals surface area contributed by atoms with Crippen LogP contribution in [0.3, 0.4) is 0 Å². The van der Waals surface area contributed by atoms with Crippen molar-refractivity contribution in [2.24, 2.45) is 0 Å². The molecule has 0 saturated heterocycles. The second kappa shape index (κ2) is 7.13. The zero-order chi connectivity index (χ0) is 14.4. The van der Waals surface area contributed by atoms with Crippen LogP contribution >= 0.6 is 11.6 Å². The van der Waals surface area contributed by atoms with E-state index in [1.807, 2.05) is 0 Å². The van der Waals surface area contributed by atoms with Crippen molar-refractivity contribution >= 4 is 17.4 Å². The van der Waals surface area contributed by atoms with Gasteiger partial charge in [0.1, 0.15) is 18.2 Å². The van der Waals surface area contributed by atoms with Gasteiger partial charge in [0.2, 0.25) is 0 Å². The van der Waals surface area contributed by atoms with Crippen LogP contribution in [-0.4, -0.2) is 37.9 Å². The van der Waals surface area contributed by atoms with Gasteiger partial charge in [0.15, 0.2) is 5.78 Å². The molecule has 0 spiro atoms. The van der Waals surface area contributed by atoms with Gasteiger partial charge in [0.05, 0.1) is 11.6 Å². The molecule has 0 aromatic heterocycles. The number of Topliss-reactive ketones (excluding diaryl/α,β-unsaturated/α-hetero) is 1. The van der Waals surface area contributed by atoms with Gasteiger partial charge in [0.25, 0.3) is 0 Å². The molecule has 102 valence electrons. The first-order valence-electron chi connectivity index (χ1n) is 5.64. The molecule has 19 heavy (non-hydrogen) atoms. The summed E-state index contributed by atoms with van der Waals surface area (Å²) in [6.45, 7) is 0.291. The largest absolute Gasteiger partial charge is 0.479 e. The van der Waals surface area contributed by atoms with E-state index in [-0.39, 0.29) is 41.7 Å². The third-order valence-electron chi connectivity index (χ3n) is 2.29. The van der Waals surface area contributed by atoms with Gasteiger partial charge in [-0.05, 0) is 31.8 Å². The third kappa shape index (κ3) is 4.90. The van der Waals surface area contributed by atoms with Gasteiger partial charge in [-0.1, -0.05) is 17.5 Å². The first kappa shape index (κ1) is 15.5. The molecule has 0 heterocycles. The van der Waals surface area contributed by atoms with Crippen molar-refractivity contribution in [2.45, 2.75) is 6.42 Å².